The number of rotatable bonds is 5. The third-order valence-corrected chi connectivity index (χ3v) is 3.00. The van der Waals surface area contributed by atoms with Crippen LogP contribution in [0.1, 0.15) is 20.8 Å². The van der Waals surface area contributed by atoms with Crippen LogP contribution in [-0.4, -0.2) is 31.7 Å². The molecule has 5 nitrogen and oxygen atoms in total. The van der Waals surface area contributed by atoms with Crippen LogP contribution in [0.3, 0.4) is 0 Å². The summed E-state index contributed by atoms with van der Waals surface area (Å²) in [6, 6.07) is 5.31. The topological polar surface area (TPSA) is 59.6 Å². The maximum atomic E-state index is 11.9. The zero-order chi connectivity index (χ0) is 14.5. The van der Waals surface area contributed by atoms with Gasteiger partial charge < -0.3 is 20.1 Å². The van der Waals surface area contributed by atoms with E-state index < -0.39 is 0 Å². The first-order chi connectivity index (χ1) is 9.56. The highest BCUT2D eigenvalue weighted by atomic mass is 16.6. The summed E-state index contributed by atoms with van der Waals surface area (Å²) in [7, 11) is 0. The Hall–Kier alpha value is -1.91. The molecule has 2 rings (SSSR count). The van der Waals surface area contributed by atoms with Crippen molar-refractivity contribution in [2.45, 2.75) is 26.8 Å². The van der Waals surface area contributed by atoms with E-state index in [2.05, 4.69) is 24.5 Å². The summed E-state index contributed by atoms with van der Waals surface area (Å²) < 4.78 is 11.0. The van der Waals surface area contributed by atoms with Crippen molar-refractivity contribution in [3.8, 4) is 11.5 Å². The number of fused-ring (bicyclic) bond motifs is 1. The van der Waals surface area contributed by atoms with Gasteiger partial charge in [0.25, 0.3) is 0 Å². The summed E-state index contributed by atoms with van der Waals surface area (Å²) in [5.41, 5.74) is 0.849. The lowest BCUT2D eigenvalue weighted by molar-refractivity contribution is -0.121. The molecule has 0 aliphatic carbocycles. The van der Waals surface area contributed by atoms with Gasteiger partial charge in [-0.05, 0) is 25.0 Å². The van der Waals surface area contributed by atoms with E-state index in [0.717, 1.165) is 17.2 Å². The normalized spacial score (nSPS) is 14.8. The van der Waals surface area contributed by atoms with E-state index in [1.54, 1.807) is 0 Å². The van der Waals surface area contributed by atoms with Crippen LogP contribution in [0.25, 0.3) is 0 Å². The Kier molecular flexibility index (Phi) is 4.71. The van der Waals surface area contributed by atoms with Gasteiger partial charge >= 0.3 is 0 Å². The summed E-state index contributed by atoms with van der Waals surface area (Å²) in [4.78, 5) is 11.9. The fourth-order valence-corrected chi connectivity index (χ4v) is 1.91. The highest BCUT2D eigenvalue weighted by Gasteiger charge is 2.15. The van der Waals surface area contributed by atoms with E-state index in [4.69, 9.17) is 9.47 Å². The molecule has 1 aliphatic rings. The van der Waals surface area contributed by atoms with Crippen LogP contribution in [0, 0.1) is 5.92 Å². The van der Waals surface area contributed by atoms with Gasteiger partial charge in [0.05, 0.1) is 0 Å². The van der Waals surface area contributed by atoms with Gasteiger partial charge in [0.15, 0.2) is 11.5 Å². The number of ether oxygens (including phenoxy) is 2. The Morgan fingerprint density at radius 1 is 1.20 bits per heavy atom. The van der Waals surface area contributed by atoms with Crippen LogP contribution in [-0.2, 0) is 4.79 Å². The van der Waals surface area contributed by atoms with Gasteiger partial charge in [-0.2, -0.15) is 0 Å². The Morgan fingerprint density at radius 3 is 2.60 bits per heavy atom. The minimum atomic E-state index is -0.295. The molecule has 0 saturated heterocycles. The Balaban J connectivity index is 1.93. The molecular weight excluding hydrogens is 256 g/mol. The molecule has 1 heterocycles. The van der Waals surface area contributed by atoms with Crippen molar-refractivity contribution in [3.05, 3.63) is 18.2 Å². The number of nitrogens with one attached hydrogen (secondary N) is 2. The number of carbonyl (C=O) groups excluding carboxylic acids is 1. The monoisotopic (exact) mass is 278 g/mol. The highest BCUT2D eigenvalue weighted by Crippen LogP contribution is 2.32. The smallest absolute Gasteiger partial charge is 0.242 e. The first-order valence-electron chi connectivity index (χ1n) is 7.00. The number of anilines is 1. The molecule has 1 amide bonds. The predicted molar refractivity (Wildman–Crippen MR) is 78.4 cm³/mol. The molecule has 1 aromatic carbocycles. The average molecular weight is 278 g/mol. The van der Waals surface area contributed by atoms with Crippen LogP contribution in [0.5, 0.6) is 11.5 Å². The van der Waals surface area contributed by atoms with Gasteiger partial charge in [-0.25, -0.2) is 0 Å². The molecule has 0 radical (unpaired) electrons. The summed E-state index contributed by atoms with van der Waals surface area (Å²) >= 11 is 0. The maximum absolute atomic E-state index is 11.9. The van der Waals surface area contributed by atoms with Gasteiger partial charge in [0, 0.05) is 18.3 Å². The first-order valence-corrected chi connectivity index (χ1v) is 7.00. The zero-order valence-electron chi connectivity index (χ0n) is 12.2. The second-order valence-corrected chi connectivity index (χ2v) is 5.36. The number of amides is 1. The molecule has 0 bridgehead atoms. The molecule has 110 valence electrons. The lowest BCUT2D eigenvalue weighted by Gasteiger charge is -2.21. The molecule has 2 N–H and O–H groups in total. The van der Waals surface area contributed by atoms with Crippen molar-refractivity contribution in [2.75, 3.05) is 25.1 Å². The fraction of sp³-hybridized carbons (Fsp3) is 0.533. The summed E-state index contributed by atoms with van der Waals surface area (Å²) in [5.74, 6) is 1.91. The summed E-state index contributed by atoms with van der Waals surface area (Å²) in [6.45, 7) is 7.80. The molecule has 1 unspecified atom stereocenters. The van der Waals surface area contributed by atoms with Crippen molar-refractivity contribution in [1.82, 2.24) is 5.32 Å². The van der Waals surface area contributed by atoms with Crippen LogP contribution >= 0.6 is 0 Å². The van der Waals surface area contributed by atoms with E-state index in [0.29, 0.717) is 25.7 Å². The molecule has 20 heavy (non-hydrogen) atoms. The van der Waals surface area contributed by atoms with E-state index in [-0.39, 0.29) is 11.9 Å². The highest BCUT2D eigenvalue weighted by molar-refractivity contribution is 5.84. The molecule has 1 aliphatic heterocycles. The summed E-state index contributed by atoms with van der Waals surface area (Å²) in [5, 5.41) is 6.07. The van der Waals surface area contributed by atoms with Crippen molar-refractivity contribution < 1.29 is 14.3 Å². The van der Waals surface area contributed by atoms with Gasteiger partial charge in [-0.3, -0.25) is 4.79 Å². The number of benzene rings is 1. The molecule has 1 atom stereocenters. The second kappa shape index (κ2) is 6.50. The molecule has 0 fully saturated rings. The third-order valence-electron chi connectivity index (χ3n) is 3.00. The largest absolute Gasteiger partial charge is 0.486 e. The van der Waals surface area contributed by atoms with E-state index >= 15 is 0 Å². The maximum Gasteiger partial charge on any atom is 0.242 e. The Bertz CT molecular complexity index is 474. The van der Waals surface area contributed by atoms with Gasteiger partial charge in [0.2, 0.25) is 5.91 Å². The molecule has 1 aromatic rings. The fourth-order valence-electron chi connectivity index (χ4n) is 1.91. The van der Waals surface area contributed by atoms with E-state index in [1.165, 1.54) is 0 Å². The number of carbonyl (C=O) groups is 1. The predicted octanol–water partition coefficient (Wildman–Crippen LogP) is 2.03. The average Bonchev–Trinajstić information content (AvgIpc) is 2.44. The van der Waals surface area contributed by atoms with Crippen LogP contribution in [0.4, 0.5) is 5.69 Å². The Morgan fingerprint density at radius 2 is 1.90 bits per heavy atom. The lowest BCUT2D eigenvalue weighted by Crippen LogP contribution is -2.39. The Labute approximate surface area is 119 Å². The minimum absolute atomic E-state index is 0.00594. The van der Waals surface area contributed by atoms with E-state index in [9.17, 15) is 4.79 Å². The third kappa shape index (κ3) is 3.79. The molecule has 5 heteroatoms. The van der Waals surface area contributed by atoms with Gasteiger partial charge in [-0.15, -0.1) is 0 Å². The van der Waals surface area contributed by atoms with Crippen molar-refractivity contribution in [3.63, 3.8) is 0 Å². The number of hydrogen-bond donors (Lipinski definition) is 2. The van der Waals surface area contributed by atoms with Crippen molar-refractivity contribution >= 4 is 11.6 Å². The van der Waals surface area contributed by atoms with Crippen LogP contribution in [0.15, 0.2) is 18.2 Å². The molecule has 0 spiro atoms. The van der Waals surface area contributed by atoms with E-state index in [1.807, 2.05) is 25.1 Å². The quantitative estimate of drug-likeness (QED) is 0.865. The number of hydrogen-bond acceptors (Lipinski definition) is 4. The van der Waals surface area contributed by atoms with Gasteiger partial charge in [-0.1, -0.05) is 13.8 Å². The first kappa shape index (κ1) is 14.5. The summed E-state index contributed by atoms with van der Waals surface area (Å²) in [6.07, 6.45) is 0. The lowest BCUT2D eigenvalue weighted by atomic mass is 10.2. The SMILES string of the molecule is CC(C)CNC(=O)C(C)Nc1ccc2c(c1)OCCO2. The second-order valence-electron chi connectivity index (χ2n) is 5.36. The van der Waals surface area contributed by atoms with Crippen molar-refractivity contribution in [1.29, 1.82) is 0 Å². The molecule has 0 aromatic heterocycles. The molecular formula is C15H22N2O3. The van der Waals surface area contributed by atoms with Crippen LogP contribution in [0.2, 0.25) is 0 Å². The zero-order valence-corrected chi connectivity index (χ0v) is 12.2. The van der Waals surface area contributed by atoms with Crippen molar-refractivity contribution in [2.24, 2.45) is 5.92 Å². The van der Waals surface area contributed by atoms with Crippen LogP contribution < -0.4 is 20.1 Å². The standard InChI is InChI=1S/C15H22N2O3/c1-10(2)9-16-15(18)11(3)17-12-4-5-13-14(8-12)20-7-6-19-13/h4-5,8,10-11,17H,6-7,9H2,1-3H3,(H,16,18). The molecule has 0 saturated carbocycles. The van der Waals surface area contributed by atoms with Gasteiger partial charge in [0.1, 0.15) is 19.3 Å². The minimum Gasteiger partial charge on any atom is -0.486 e.